The fourth-order valence-electron chi connectivity index (χ4n) is 4.42. The lowest BCUT2D eigenvalue weighted by Gasteiger charge is -2.13. The third-order valence-electron chi connectivity index (χ3n) is 6.27. The van der Waals surface area contributed by atoms with Gasteiger partial charge in [-0.1, -0.05) is 12.1 Å². The molecule has 0 saturated carbocycles. The van der Waals surface area contributed by atoms with Crippen LogP contribution >= 0.6 is 11.3 Å². The summed E-state index contributed by atoms with van der Waals surface area (Å²) in [7, 11) is 0. The first kappa shape index (κ1) is 25.1. The smallest absolute Gasteiger partial charge is 0.275 e. The number of nitro benzene ring substituents is 1. The lowest BCUT2D eigenvalue weighted by Crippen LogP contribution is -2.20. The van der Waals surface area contributed by atoms with Crippen LogP contribution in [-0.2, 0) is 11.3 Å². The summed E-state index contributed by atoms with van der Waals surface area (Å²) in [6.07, 6.45) is 1.70. The Hall–Kier alpha value is -4.57. The van der Waals surface area contributed by atoms with Crippen LogP contribution < -0.4 is 10.1 Å². The van der Waals surface area contributed by atoms with Crippen molar-refractivity contribution in [2.75, 3.05) is 5.32 Å². The number of nitrogens with zero attached hydrogens (tertiary/aromatic N) is 4. The number of rotatable bonds is 7. The average molecular weight is 528 g/mol. The molecule has 192 valence electrons. The normalized spacial score (nSPS) is 11.1. The number of ether oxygens (including phenoxy) is 1. The largest absolute Gasteiger partial charge is 0.457 e. The first-order chi connectivity index (χ1) is 18.2. The van der Waals surface area contributed by atoms with Crippen LogP contribution in [0.15, 0.2) is 60.1 Å². The number of carbonyl (C=O) groups excluding carboxylic acids is 1. The van der Waals surface area contributed by atoms with E-state index in [1.807, 2.05) is 63.4 Å². The molecule has 10 heteroatoms. The SMILES string of the molecule is Cc1cc(C)c(C)c(Oc2cc(NC(=O)Cn3nc(C)c4c(-c5cccs5)ccnc43)cc([N+](=O)[O-])c2)c1. The van der Waals surface area contributed by atoms with Gasteiger partial charge < -0.3 is 10.1 Å². The Morgan fingerprint density at radius 1 is 1.13 bits per heavy atom. The highest BCUT2D eigenvalue weighted by molar-refractivity contribution is 7.13. The van der Waals surface area contributed by atoms with E-state index in [0.29, 0.717) is 11.4 Å². The van der Waals surface area contributed by atoms with Gasteiger partial charge in [0.2, 0.25) is 5.91 Å². The third kappa shape index (κ3) is 4.98. The molecule has 3 heterocycles. The zero-order valence-electron chi connectivity index (χ0n) is 21.3. The minimum atomic E-state index is -0.517. The van der Waals surface area contributed by atoms with Gasteiger partial charge in [-0.05, 0) is 68.0 Å². The Balaban J connectivity index is 1.42. The van der Waals surface area contributed by atoms with Crippen molar-refractivity contribution in [1.29, 1.82) is 0 Å². The topological polar surface area (TPSA) is 112 Å². The number of aromatic nitrogens is 3. The number of carbonyl (C=O) groups is 1. The first-order valence-corrected chi connectivity index (χ1v) is 12.8. The van der Waals surface area contributed by atoms with Crippen LogP contribution in [0.5, 0.6) is 11.5 Å². The minimum Gasteiger partial charge on any atom is -0.457 e. The number of fused-ring (bicyclic) bond motifs is 1. The molecule has 0 radical (unpaired) electrons. The molecule has 0 atom stereocenters. The van der Waals surface area contributed by atoms with Gasteiger partial charge in [-0.3, -0.25) is 14.9 Å². The maximum Gasteiger partial charge on any atom is 0.275 e. The predicted molar refractivity (Wildman–Crippen MR) is 148 cm³/mol. The van der Waals surface area contributed by atoms with Crippen molar-refractivity contribution in [2.24, 2.45) is 0 Å². The maximum absolute atomic E-state index is 13.0. The second kappa shape index (κ2) is 10.1. The highest BCUT2D eigenvalue weighted by Crippen LogP contribution is 2.34. The zero-order chi connectivity index (χ0) is 27.0. The van der Waals surface area contributed by atoms with Crippen LogP contribution in [0.2, 0.25) is 0 Å². The van der Waals surface area contributed by atoms with Crippen LogP contribution in [0.25, 0.3) is 21.5 Å². The number of amides is 1. The van der Waals surface area contributed by atoms with E-state index in [-0.39, 0.29) is 23.7 Å². The molecule has 0 aliphatic carbocycles. The number of thiophene rings is 1. The molecule has 5 rings (SSSR count). The fraction of sp³-hybridized carbons (Fsp3) is 0.179. The second-order valence-electron chi connectivity index (χ2n) is 9.11. The number of anilines is 1. The summed E-state index contributed by atoms with van der Waals surface area (Å²) in [5.74, 6) is 0.461. The molecule has 1 N–H and O–H groups in total. The number of pyridine rings is 1. The fourth-order valence-corrected chi connectivity index (χ4v) is 5.18. The van der Waals surface area contributed by atoms with Gasteiger partial charge in [-0.15, -0.1) is 11.3 Å². The molecule has 0 unspecified atom stereocenters. The van der Waals surface area contributed by atoms with Gasteiger partial charge in [0.1, 0.15) is 18.0 Å². The number of hydrogen-bond acceptors (Lipinski definition) is 7. The quantitative estimate of drug-likeness (QED) is 0.185. The van der Waals surface area contributed by atoms with Crippen LogP contribution in [-0.4, -0.2) is 25.6 Å². The van der Waals surface area contributed by atoms with E-state index in [1.165, 1.54) is 12.1 Å². The Kier molecular flexibility index (Phi) is 6.64. The zero-order valence-corrected chi connectivity index (χ0v) is 22.1. The van der Waals surface area contributed by atoms with Crippen molar-refractivity contribution in [2.45, 2.75) is 34.2 Å². The van der Waals surface area contributed by atoms with E-state index in [1.54, 1.807) is 28.3 Å². The van der Waals surface area contributed by atoms with Gasteiger partial charge >= 0.3 is 0 Å². The molecular formula is C28H25N5O4S. The summed E-state index contributed by atoms with van der Waals surface area (Å²) < 4.78 is 7.58. The Morgan fingerprint density at radius 3 is 2.68 bits per heavy atom. The van der Waals surface area contributed by atoms with E-state index in [4.69, 9.17) is 4.74 Å². The van der Waals surface area contributed by atoms with E-state index in [2.05, 4.69) is 15.4 Å². The van der Waals surface area contributed by atoms with E-state index in [0.717, 1.165) is 38.2 Å². The highest BCUT2D eigenvalue weighted by atomic mass is 32.1. The molecule has 2 aromatic carbocycles. The molecule has 0 spiro atoms. The van der Waals surface area contributed by atoms with E-state index < -0.39 is 10.8 Å². The molecular weight excluding hydrogens is 502 g/mol. The monoisotopic (exact) mass is 527 g/mol. The maximum atomic E-state index is 13.0. The molecule has 1 amide bonds. The number of hydrogen-bond donors (Lipinski definition) is 1. The minimum absolute atomic E-state index is 0.111. The lowest BCUT2D eigenvalue weighted by molar-refractivity contribution is -0.384. The number of nitro groups is 1. The average Bonchev–Trinajstić information content (AvgIpc) is 3.51. The van der Waals surface area contributed by atoms with Crippen LogP contribution in [0, 0.1) is 37.8 Å². The standard InChI is InChI=1S/C28H25N5O4S/c1-16-10-17(2)18(3)24(11-16)37-22-13-20(12-21(14-22)33(35)36)30-26(34)15-32-28-27(19(4)31-32)23(7-8-29-28)25-6-5-9-38-25/h5-14H,15H2,1-4H3,(H,30,34). The summed E-state index contributed by atoms with van der Waals surface area (Å²) >= 11 is 1.62. The van der Waals surface area contributed by atoms with Crippen molar-refractivity contribution in [3.05, 3.63) is 92.6 Å². The van der Waals surface area contributed by atoms with Crippen LogP contribution in [0.4, 0.5) is 11.4 Å². The van der Waals surface area contributed by atoms with Crippen molar-refractivity contribution in [1.82, 2.24) is 14.8 Å². The Bertz CT molecular complexity index is 1690. The summed E-state index contributed by atoms with van der Waals surface area (Å²) in [6.45, 7) is 7.64. The summed E-state index contributed by atoms with van der Waals surface area (Å²) in [5.41, 5.74) is 5.43. The molecule has 38 heavy (non-hydrogen) atoms. The number of aryl methyl sites for hydroxylation is 3. The Labute approximate surface area is 222 Å². The van der Waals surface area contributed by atoms with Gasteiger partial charge in [-0.25, -0.2) is 9.67 Å². The number of benzene rings is 2. The molecule has 0 bridgehead atoms. The van der Waals surface area contributed by atoms with Gasteiger partial charge in [0.05, 0.1) is 27.8 Å². The van der Waals surface area contributed by atoms with E-state index in [9.17, 15) is 14.9 Å². The highest BCUT2D eigenvalue weighted by Gasteiger charge is 2.18. The summed E-state index contributed by atoms with van der Waals surface area (Å²) in [5, 5.41) is 21.8. The predicted octanol–water partition coefficient (Wildman–Crippen LogP) is 6.73. The molecule has 0 saturated heterocycles. The number of non-ortho nitro benzene ring substituents is 1. The number of nitrogens with one attached hydrogen (secondary N) is 1. The second-order valence-corrected chi connectivity index (χ2v) is 10.1. The van der Waals surface area contributed by atoms with Gasteiger partial charge in [0.15, 0.2) is 5.65 Å². The van der Waals surface area contributed by atoms with Crippen molar-refractivity contribution in [3.8, 4) is 21.9 Å². The molecule has 3 aromatic heterocycles. The molecule has 0 aliphatic heterocycles. The first-order valence-electron chi connectivity index (χ1n) is 11.9. The lowest BCUT2D eigenvalue weighted by atomic mass is 10.1. The van der Waals surface area contributed by atoms with E-state index >= 15 is 0 Å². The third-order valence-corrected chi connectivity index (χ3v) is 7.17. The van der Waals surface area contributed by atoms with Gasteiger partial charge in [0.25, 0.3) is 5.69 Å². The molecule has 5 aromatic rings. The van der Waals surface area contributed by atoms with Gasteiger partial charge in [0, 0.05) is 28.8 Å². The molecule has 0 fully saturated rings. The summed E-state index contributed by atoms with van der Waals surface area (Å²) in [4.78, 5) is 29.7. The van der Waals surface area contributed by atoms with Crippen LogP contribution in [0.3, 0.4) is 0 Å². The molecule has 9 nitrogen and oxygen atoms in total. The van der Waals surface area contributed by atoms with Crippen molar-refractivity contribution >= 4 is 39.7 Å². The molecule has 0 aliphatic rings. The summed E-state index contributed by atoms with van der Waals surface area (Å²) in [6, 6.07) is 14.1. The van der Waals surface area contributed by atoms with Crippen molar-refractivity contribution < 1.29 is 14.5 Å². The van der Waals surface area contributed by atoms with Gasteiger partial charge in [-0.2, -0.15) is 5.10 Å². The van der Waals surface area contributed by atoms with Crippen LogP contribution in [0.1, 0.15) is 22.4 Å². The van der Waals surface area contributed by atoms with Crippen molar-refractivity contribution in [3.63, 3.8) is 0 Å². The Morgan fingerprint density at radius 2 is 1.95 bits per heavy atom.